The van der Waals surface area contributed by atoms with Crippen molar-refractivity contribution in [2.45, 2.75) is 0 Å². The van der Waals surface area contributed by atoms with Gasteiger partial charge in [0.25, 0.3) is 0 Å². The minimum atomic E-state index is 0.666. The Hall–Kier alpha value is -2.91. The van der Waals surface area contributed by atoms with Crippen LogP contribution in [0.4, 0.5) is 0 Å². The molecule has 0 fully saturated rings. The van der Waals surface area contributed by atoms with Crippen LogP contribution in [0.2, 0.25) is 5.02 Å². The zero-order valence-electron chi connectivity index (χ0n) is 12.6. The van der Waals surface area contributed by atoms with Gasteiger partial charge in [-0.2, -0.15) is 4.80 Å². The maximum Gasteiger partial charge on any atom is 0.115 e. The number of fused-ring (bicyclic) bond motifs is 4. The minimum absolute atomic E-state index is 0.666. The number of hydrogen-bond donors (Lipinski definition) is 0. The van der Waals surface area contributed by atoms with E-state index in [-0.39, 0.29) is 0 Å². The van der Waals surface area contributed by atoms with E-state index >= 15 is 0 Å². The van der Waals surface area contributed by atoms with E-state index in [2.05, 4.69) is 58.7 Å². The van der Waals surface area contributed by atoms with Crippen molar-refractivity contribution >= 4 is 44.2 Å². The summed E-state index contributed by atoms with van der Waals surface area (Å²) in [5.41, 5.74) is 2.56. The van der Waals surface area contributed by atoms with Crippen molar-refractivity contribution in [3.05, 3.63) is 77.8 Å². The van der Waals surface area contributed by atoms with Crippen molar-refractivity contribution in [1.29, 1.82) is 0 Å². The molecule has 5 rings (SSSR count). The molecule has 0 amide bonds. The molecule has 0 saturated heterocycles. The van der Waals surface area contributed by atoms with Gasteiger partial charge in [-0.3, -0.25) is 0 Å². The first-order chi connectivity index (χ1) is 11.8. The number of benzene rings is 4. The predicted octanol–water partition coefficient (Wildman–Crippen LogP) is 5.38. The molecule has 0 saturated carbocycles. The van der Waals surface area contributed by atoms with Crippen LogP contribution in [-0.4, -0.2) is 15.0 Å². The SMILES string of the molecule is Clc1ccc2nn(-c3ccc4ccc5ccccc5c4c3)nc2c1. The lowest BCUT2D eigenvalue weighted by Gasteiger charge is -2.06. The molecule has 1 aromatic heterocycles. The van der Waals surface area contributed by atoms with Gasteiger partial charge in [0.05, 0.1) is 5.69 Å². The molecule has 0 radical (unpaired) electrons. The van der Waals surface area contributed by atoms with Gasteiger partial charge in [0.2, 0.25) is 0 Å². The van der Waals surface area contributed by atoms with Crippen molar-refractivity contribution in [2.24, 2.45) is 0 Å². The van der Waals surface area contributed by atoms with Gasteiger partial charge in [-0.25, -0.2) is 0 Å². The van der Waals surface area contributed by atoms with Crippen LogP contribution in [0.3, 0.4) is 0 Å². The summed E-state index contributed by atoms with van der Waals surface area (Å²) in [7, 11) is 0. The Labute approximate surface area is 143 Å². The van der Waals surface area contributed by atoms with Crippen molar-refractivity contribution < 1.29 is 0 Å². The Kier molecular flexibility index (Phi) is 2.84. The monoisotopic (exact) mass is 329 g/mol. The molecule has 114 valence electrons. The van der Waals surface area contributed by atoms with Crippen LogP contribution < -0.4 is 0 Å². The highest BCUT2D eigenvalue weighted by atomic mass is 35.5. The van der Waals surface area contributed by atoms with Gasteiger partial charge < -0.3 is 0 Å². The lowest BCUT2D eigenvalue weighted by Crippen LogP contribution is -1.98. The van der Waals surface area contributed by atoms with Gasteiger partial charge in [-0.05, 0) is 51.9 Å². The maximum atomic E-state index is 6.04. The third-order valence-corrected chi connectivity index (χ3v) is 4.54. The fourth-order valence-electron chi connectivity index (χ4n) is 3.12. The van der Waals surface area contributed by atoms with Gasteiger partial charge in [0.1, 0.15) is 11.0 Å². The fraction of sp³-hybridized carbons (Fsp3) is 0. The summed E-state index contributed by atoms with van der Waals surface area (Å²) in [6.45, 7) is 0. The van der Waals surface area contributed by atoms with E-state index in [1.54, 1.807) is 4.80 Å². The Bertz CT molecular complexity index is 1220. The molecule has 3 nitrogen and oxygen atoms in total. The van der Waals surface area contributed by atoms with Crippen LogP contribution in [0.1, 0.15) is 0 Å². The van der Waals surface area contributed by atoms with Crippen LogP contribution in [0.15, 0.2) is 72.8 Å². The predicted molar refractivity (Wildman–Crippen MR) is 98.9 cm³/mol. The molecule has 0 N–H and O–H groups in total. The Balaban J connectivity index is 1.77. The first-order valence-electron chi connectivity index (χ1n) is 7.72. The van der Waals surface area contributed by atoms with Gasteiger partial charge in [0, 0.05) is 5.02 Å². The van der Waals surface area contributed by atoms with Gasteiger partial charge in [-0.1, -0.05) is 54.1 Å². The number of aromatic nitrogens is 3. The normalized spacial score (nSPS) is 11.5. The van der Waals surface area contributed by atoms with E-state index in [9.17, 15) is 0 Å². The standard InChI is InChI=1S/C20H12ClN3/c21-15-8-10-19-20(11-15)23-24(22-19)16-9-7-14-6-5-13-3-1-2-4-17(13)18(14)12-16/h1-12H. The summed E-state index contributed by atoms with van der Waals surface area (Å²) >= 11 is 6.04. The first-order valence-corrected chi connectivity index (χ1v) is 8.10. The van der Waals surface area contributed by atoms with Gasteiger partial charge in [-0.15, -0.1) is 10.2 Å². The number of halogens is 1. The van der Waals surface area contributed by atoms with E-state index in [1.807, 2.05) is 24.3 Å². The van der Waals surface area contributed by atoms with Crippen molar-refractivity contribution in [1.82, 2.24) is 15.0 Å². The van der Waals surface area contributed by atoms with Crippen LogP contribution >= 0.6 is 11.6 Å². The molecule has 0 spiro atoms. The lowest BCUT2D eigenvalue weighted by atomic mass is 10.0. The van der Waals surface area contributed by atoms with Gasteiger partial charge >= 0.3 is 0 Å². The summed E-state index contributed by atoms with van der Waals surface area (Å²) < 4.78 is 0. The molecule has 5 aromatic rings. The van der Waals surface area contributed by atoms with Crippen LogP contribution in [0.25, 0.3) is 38.3 Å². The number of rotatable bonds is 1. The zero-order chi connectivity index (χ0) is 16.1. The van der Waals surface area contributed by atoms with Crippen molar-refractivity contribution in [3.63, 3.8) is 0 Å². The van der Waals surface area contributed by atoms with E-state index in [4.69, 9.17) is 11.6 Å². The molecule has 4 heteroatoms. The summed E-state index contributed by atoms with van der Waals surface area (Å²) in [5.74, 6) is 0. The second-order valence-corrected chi connectivity index (χ2v) is 6.25. The second kappa shape index (κ2) is 5.05. The number of hydrogen-bond acceptors (Lipinski definition) is 2. The van der Waals surface area contributed by atoms with E-state index in [1.165, 1.54) is 21.5 Å². The van der Waals surface area contributed by atoms with Crippen LogP contribution in [-0.2, 0) is 0 Å². The van der Waals surface area contributed by atoms with Crippen LogP contribution in [0.5, 0.6) is 0 Å². The quantitative estimate of drug-likeness (QED) is 0.386. The third-order valence-electron chi connectivity index (χ3n) is 4.30. The topological polar surface area (TPSA) is 30.7 Å². The molecule has 0 aliphatic carbocycles. The Morgan fingerprint density at radius 3 is 2.33 bits per heavy atom. The summed E-state index contributed by atoms with van der Waals surface area (Å²) in [5, 5.41) is 14.6. The summed E-state index contributed by atoms with van der Waals surface area (Å²) in [4.78, 5) is 1.67. The highest BCUT2D eigenvalue weighted by Gasteiger charge is 2.07. The molecule has 0 bridgehead atoms. The molecule has 0 unspecified atom stereocenters. The lowest BCUT2D eigenvalue weighted by molar-refractivity contribution is 0.767. The largest absolute Gasteiger partial charge is 0.150 e. The van der Waals surface area contributed by atoms with Crippen LogP contribution in [0, 0.1) is 0 Å². The maximum absolute atomic E-state index is 6.04. The third kappa shape index (κ3) is 2.06. The Morgan fingerprint density at radius 1 is 0.667 bits per heavy atom. The molecule has 0 atom stereocenters. The molecule has 1 heterocycles. The molecule has 4 aromatic carbocycles. The average molecular weight is 330 g/mol. The van der Waals surface area contributed by atoms with Crippen molar-refractivity contribution in [3.8, 4) is 5.69 Å². The smallest absolute Gasteiger partial charge is 0.115 e. The molecular weight excluding hydrogens is 318 g/mol. The van der Waals surface area contributed by atoms with E-state index in [0.29, 0.717) is 5.02 Å². The molecule has 0 aliphatic rings. The number of nitrogens with zero attached hydrogens (tertiary/aromatic N) is 3. The summed E-state index contributed by atoms with van der Waals surface area (Å²) in [6.07, 6.45) is 0. The Morgan fingerprint density at radius 2 is 1.42 bits per heavy atom. The molecule has 24 heavy (non-hydrogen) atoms. The first kappa shape index (κ1) is 13.5. The highest BCUT2D eigenvalue weighted by molar-refractivity contribution is 6.31. The highest BCUT2D eigenvalue weighted by Crippen LogP contribution is 2.27. The zero-order valence-corrected chi connectivity index (χ0v) is 13.4. The van der Waals surface area contributed by atoms with Gasteiger partial charge in [0.15, 0.2) is 0 Å². The fourth-order valence-corrected chi connectivity index (χ4v) is 3.28. The minimum Gasteiger partial charge on any atom is -0.150 e. The van der Waals surface area contributed by atoms with Crippen molar-refractivity contribution in [2.75, 3.05) is 0 Å². The van der Waals surface area contributed by atoms with E-state index < -0.39 is 0 Å². The van der Waals surface area contributed by atoms with E-state index in [0.717, 1.165) is 16.7 Å². The molecular formula is C20H12ClN3. The summed E-state index contributed by atoms with van der Waals surface area (Å²) in [6, 6.07) is 24.5. The average Bonchev–Trinajstić information content (AvgIpc) is 3.04. The second-order valence-electron chi connectivity index (χ2n) is 5.81. The molecule has 0 aliphatic heterocycles.